The molecule has 29 heavy (non-hydrogen) atoms. The average Bonchev–Trinajstić information content (AvgIpc) is 3.39. The highest BCUT2D eigenvalue weighted by molar-refractivity contribution is 14.0. The summed E-state index contributed by atoms with van der Waals surface area (Å²) in [7, 11) is 0. The SMILES string of the molecule is CCNC(=NCCNC(=O)c1ccc(C)c(F)c1)N1CC2C3CCC(O3)C2C1.I. The van der Waals surface area contributed by atoms with E-state index in [-0.39, 0.29) is 35.7 Å². The molecule has 0 radical (unpaired) electrons. The Bertz CT molecular complexity index is 757. The second kappa shape index (κ2) is 9.59. The third-order valence-electron chi connectivity index (χ3n) is 6.18. The Morgan fingerprint density at radius 2 is 1.93 bits per heavy atom. The Balaban J connectivity index is 0.00000240. The number of nitrogens with one attached hydrogen (secondary N) is 2. The lowest BCUT2D eigenvalue weighted by atomic mass is 9.82. The molecule has 8 heteroatoms. The van der Waals surface area contributed by atoms with E-state index in [2.05, 4.69) is 22.5 Å². The van der Waals surface area contributed by atoms with Crippen molar-refractivity contribution >= 4 is 35.8 Å². The van der Waals surface area contributed by atoms with Crippen molar-refractivity contribution in [2.45, 2.75) is 38.9 Å². The zero-order valence-electron chi connectivity index (χ0n) is 17.0. The summed E-state index contributed by atoms with van der Waals surface area (Å²) in [5, 5.41) is 6.19. The number of fused-ring (bicyclic) bond motifs is 5. The highest BCUT2D eigenvalue weighted by atomic mass is 127. The minimum atomic E-state index is -0.363. The summed E-state index contributed by atoms with van der Waals surface area (Å²) in [6, 6.07) is 4.53. The molecule has 0 spiro atoms. The molecule has 3 aliphatic heterocycles. The summed E-state index contributed by atoms with van der Waals surface area (Å²) in [6.07, 6.45) is 3.24. The second-order valence-electron chi connectivity index (χ2n) is 7.98. The van der Waals surface area contributed by atoms with Gasteiger partial charge in [0.2, 0.25) is 0 Å². The lowest BCUT2D eigenvalue weighted by Crippen LogP contribution is -2.41. The van der Waals surface area contributed by atoms with Crippen molar-refractivity contribution in [1.82, 2.24) is 15.5 Å². The fraction of sp³-hybridized carbons (Fsp3) is 0.619. The molecule has 0 aromatic heterocycles. The number of benzene rings is 1. The van der Waals surface area contributed by atoms with E-state index in [9.17, 15) is 9.18 Å². The van der Waals surface area contributed by atoms with Gasteiger partial charge in [0.15, 0.2) is 5.96 Å². The van der Waals surface area contributed by atoms with E-state index in [0.717, 1.165) is 25.6 Å². The van der Waals surface area contributed by atoms with E-state index in [0.29, 0.717) is 48.3 Å². The average molecular weight is 516 g/mol. The summed E-state index contributed by atoms with van der Waals surface area (Å²) >= 11 is 0. The first-order valence-electron chi connectivity index (χ1n) is 10.3. The predicted octanol–water partition coefficient (Wildman–Crippen LogP) is 2.56. The van der Waals surface area contributed by atoms with Gasteiger partial charge in [0.25, 0.3) is 5.91 Å². The molecule has 2 N–H and O–H groups in total. The third kappa shape index (κ3) is 4.68. The molecule has 4 rings (SSSR count). The van der Waals surface area contributed by atoms with Gasteiger partial charge in [0, 0.05) is 43.6 Å². The molecular weight excluding hydrogens is 486 g/mol. The van der Waals surface area contributed by atoms with Crippen molar-refractivity contribution in [3.8, 4) is 0 Å². The van der Waals surface area contributed by atoms with Crippen LogP contribution in [0.3, 0.4) is 0 Å². The predicted molar refractivity (Wildman–Crippen MR) is 121 cm³/mol. The molecule has 2 bridgehead atoms. The van der Waals surface area contributed by atoms with E-state index >= 15 is 0 Å². The van der Waals surface area contributed by atoms with Gasteiger partial charge in [-0.05, 0) is 44.4 Å². The van der Waals surface area contributed by atoms with Gasteiger partial charge in [-0.2, -0.15) is 0 Å². The maximum Gasteiger partial charge on any atom is 0.251 e. The van der Waals surface area contributed by atoms with Gasteiger partial charge in [-0.3, -0.25) is 9.79 Å². The van der Waals surface area contributed by atoms with Crippen LogP contribution >= 0.6 is 24.0 Å². The van der Waals surface area contributed by atoms with Gasteiger partial charge in [0.05, 0.1) is 18.8 Å². The fourth-order valence-electron chi connectivity index (χ4n) is 4.73. The van der Waals surface area contributed by atoms with Crippen molar-refractivity contribution in [2.24, 2.45) is 16.8 Å². The molecular formula is C21H30FIN4O2. The molecule has 0 aliphatic carbocycles. The molecule has 4 unspecified atom stereocenters. The molecule has 1 aromatic carbocycles. The molecule has 6 nitrogen and oxygen atoms in total. The quantitative estimate of drug-likeness (QED) is 0.274. The van der Waals surface area contributed by atoms with E-state index in [1.807, 2.05) is 0 Å². The smallest absolute Gasteiger partial charge is 0.251 e. The third-order valence-corrected chi connectivity index (χ3v) is 6.18. The van der Waals surface area contributed by atoms with Crippen LogP contribution in [0.15, 0.2) is 23.2 Å². The number of guanidine groups is 1. The summed E-state index contributed by atoms with van der Waals surface area (Å²) in [6.45, 7) is 7.43. The largest absolute Gasteiger partial charge is 0.374 e. The Morgan fingerprint density at radius 1 is 1.24 bits per heavy atom. The van der Waals surface area contributed by atoms with E-state index in [1.165, 1.54) is 18.9 Å². The normalized spacial score (nSPS) is 27.6. The number of aryl methyl sites for hydroxylation is 1. The first-order chi connectivity index (χ1) is 13.6. The first kappa shape index (κ1) is 22.3. The summed E-state index contributed by atoms with van der Waals surface area (Å²) < 4.78 is 19.7. The molecule has 1 amide bonds. The second-order valence-corrected chi connectivity index (χ2v) is 7.98. The van der Waals surface area contributed by atoms with Gasteiger partial charge in [-0.15, -0.1) is 24.0 Å². The monoisotopic (exact) mass is 516 g/mol. The van der Waals surface area contributed by atoms with Crippen molar-refractivity contribution in [3.63, 3.8) is 0 Å². The number of aliphatic imine (C=N–C) groups is 1. The summed E-state index contributed by atoms with van der Waals surface area (Å²) in [4.78, 5) is 19.2. The number of hydrogen-bond donors (Lipinski definition) is 2. The minimum absolute atomic E-state index is 0. The maximum absolute atomic E-state index is 13.6. The van der Waals surface area contributed by atoms with Crippen molar-refractivity contribution in [3.05, 3.63) is 35.1 Å². The number of rotatable bonds is 5. The van der Waals surface area contributed by atoms with Crippen LogP contribution < -0.4 is 10.6 Å². The van der Waals surface area contributed by atoms with E-state index in [4.69, 9.17) is 9.73 Å². The van der Waals surface area contributed by atoms with Crippen LogP contribution in [0, 0.1) is 24.6 Å². The van der Waals surface area contributed by atoms with Crippen molar-refractivity contribution in [2.75, 3.05) is 32.7 Å². The Kier molecular flexibility index (Phi) is 7.37. The Hall–Kier alpha value is -1.42. The van der Waals surface area contributed by atoms with E-state index < -0.39 is 0 Å². The van der Waals surface area contributed by atoms with Crippen LogP contribution in [0.25, 0.3) is 0 Å². The molecule has 160 valence electrons. The number of amides is 1. The fourth-order valence-corrected chi connectivity index (χ4v) is 4.73. The minimum Gasteiger partial charge on any atom is -0.374 e. The number of hydrogen-bond acceptors (Lipinski definition) is 3. The number of ether oxygens (including phenoxy) is 1. The zero-order valence-corrected chi connectivity index (χ0v) is 19.3. The molecule has 3 heterocycles. The van der Waals surface area contributed by atoms with Crippen molar-refractivity contribution in [1.29, 1.82) is 0 Å². The lowest BCUT2D eigenvalue weighted by Gasteiger charge is -2.23. The van der Waals surface area contributed by atoms with E-state index in [1.54, 1.807) is 19.1 Å². The first-order valence-corrected chi connectivity index (χ1v) is 10.3. The molecule has 3 aliphatic rings. The van der Waals surface area contributed by atoms with Gasteiger partial charge < -0.3 is 20.3 Å². The van der Waals surface area contributed by atoms with Crippen LogP contribution in [-0.2, 0) is 4.74 Å². The number of likely N-dealkylation sites (tertiary alicyclic amines) is 1. The Labute approximate surface area is 188 Å². The highest BCUT2D eigenvalue weighted by Crippen LogP contribution is 2.47. The molecule has 3 saturated heterocycles. The van der Waals surface area contributed by atoms with Crippen LogP contribution in [0.2, 0.25) is 0 Å². The van der Waals surface area contributed by atoms with Crippen LogP contribution in [0.4, 0.5) is 4.39 Å². The number of carbonyl (C=O) groups is 1. The van der Waals surface area contributed by atoms with Gasteiger partial charge in [0.1, 0.15) is 5.82 Å². The number of carbonyl (C=O) groups excluding carboxylic acids is 1. The number of nitrogens with zero attached hydrogens (tertiary/aromatic N) is 2. The molecule has 1 aromatic rings. The zero-order chi connectivity index (χ0) is 19.7. The highest BCUT2D eigenvalue weighted by Gasteiger charge is 2.53. The van der Waals surface area contributed by atoms with Crippen LogP contribution in [-0.4, -0.2) is 61.7 Å². The lowest BCUT2D eigenvalue weighted by molar-refractivity contribution is 0.0767. The molecule has 4 atom stereocenters. The summed E-state index contributed by atoms with van der Waals surface area (Å²) in [5.74, 6) is 1.52. The van der Waals surface area contributed by atoms with Gasteiger partial charge >= 0.3 is 0 Å². The van der Waals surface area contributed by atoms with Crippen LogP contribution in [0.1, 0.15) is 35.7 Å². The standard InChI is InChI=1S/C21H29FN4O2.HI/c1-3-23-21(26-11-15-16(12-26)19-7-6-18(15)28-19)25-9-8-24-20(27)14-5-4-13(2)17(22)10-14;/h4-5,10,15-16,18-19H,3,6-9,11-12H2,1-2H3,(H,23,25)(H,24,27);1H. The Morgan fingerprint density at radius 3 is 2.55 bits per heavy atom. The maximum atomic E-state index is 13.6. The van der Waals surface area contributed by atoms with Gasteiger partial charge in [-0.25, -0.2) is 4.39 Å². The van der Waals surface area contributed by atoms with Gasteiger partial charge in [-0.1, -0.05) is 6.07 Å². The topological polar surface area (TPSA) is 66.0 Å². The summed E-state index contributed by atoms with van der Waals surface area (Å²) in [5.41, 5.74) is 0.868. The molecule has 0 saturated carbocycles. The number of halogens is 2. The molecule has 3 fully saturated rings. The van der Waals surface area contributed by atoms with Crippen molar-refractivity contribution < 1.29 is 13.9 Å². The van der Waals surface area contributed by atoms with Crippen LogP contribution in [0.5, 0.6) is 0 Å².